The standard InChI is InChI=1S/C27H29N3O3S/c31-25(28-21-11-12-21)23(17-19-7-3-1-4-8-19)29-26(32)24-18-22(20-9-5-2-6-10-20)27(34-24)30-13-15-33-16-14-30/h1-10,18,21,23H,11-17H2,(H,28,31)(H,29,32). The number of morpholine rings is 1. The number of nitrogens with zero attached hydrogens (tertiary/aromatic N) is 1. The Morgan fingerprint density at radius 3 is 2.35 bits per heavy atom. The van der Waals surface area contributed by atoms with Crippen molar-refractivity contribution in [2.75, 3.05) is 31.2 Å². The third-order valence-electron chi connectivity index (χ3n) is 6.15. The Balaban J connectivity index is 1.40. The summed E-state index contributed by atoms with van der Waals surface area (Å²) < 4.78 is 5.53. The van der Waals surface area contributed by atoms with Crippen LogP contribution in [0.3, 0.4) is 0 Å². The molecule has 2 N–H and O–H groups in total. The molecule has 1 aliphatic carbocycles. The topological polar surface area (TPSA) is 70.7 Å². The van der Waals surface area contributed by atoms with E-state index in [0.717, 1.165) is 47.6 Å². The van der Waals surface area contributed by atoms with Crippen LogP contribution in [0.4, 0.5) is 5.00 Å². The second-order valence-corrected chi connectivity index (χ2v) is 9.82. The number of benzene rings is 2. The molecule has 0 spiro atoms. The van der Waals surface area contributed by atoms with Crippen LogP contribution in [-0.2, 0) is 16.0 Å². The summed E-state index contributed by atoms with van der Waals surface area (Å²) in [4.78, 5) is 29.3. The molecule has 3 aromatic rings. The highest BCUT2D eigenvalue weighted by atomic mass is 32.1. The van der Waals surface area contributed by atoms with Crippen molar-refractivity contribution in [1.82, 2.24) is 10.6 Å². The Morgan fingerprint density at radius 1 is 1.00 bits per heavy atom. The van der Waals surface area contributed by atoms with E-state index in [1.54, 1.807) is 0 Å². The molecule has 1 unspecified atom stereocenters. The van der Waals surface area contributed by atoms with E-state index in [1.165, 1.54) is 11.3 Å². The molecule has 1 saturated carbocycles. The summed E-state index contributed by atoms with van der Waals surface area (Å²) in [5.74, 6) is -0.332. The maximum atomic E-state index is 13.4. The van der Waals surface area contributed by atoms with E-state index < -0.39 is 6.04 Å². The minimum atomic E-state index is -0.621. The number of thiophene rings is 1. The molecule has 1 atom stereocenters. The van der Waals surface area contributed by atoms with E-state index in [-0.39, 0.29) is 17.9 Å². The first-order chi connectivity index (χ1) is 16.7. The fourth-order valence-corrected chi connectivity index (χ4v) is 5.27. The number of amides is 2. The third kappa shape index (κ3) is 5.48. The molecule has 6 nitrogen and oxygen atoms in total. The van der Waals surface area contributed by atoms with E-state index in [1.807, 2.05) is 54.6 Å². The molecular weight excluding hydrogens is 446 g/mol. The lowest BCUT2D eigenvalue weighted by molar-refractivity contribution is -0.123. The highest BCUT2D eigenvalue weighted by Gasteiger charge is 2.30. The molecule has 5 rings (SSSR count). The maximum absolute atomic E-state index is 13.4. The van der Waals surface area contributed by atoms with Gasteiger partial charge in [0.15, 0.2) is 0 Å². The molecule has 2 aromatic carbocycles. The average Bonchev–Trinajstić information content (AvgIpc) is 3.58. The van der Waals surface area contributed by atoms with Gasteiger partial charge in [-0.15, -0.1) is 11.3 Å². The second-order valence-electron chi connectivity index (χ2n) is 8.79. The highest BCUT2D eigenvalue weighted by molar-refractivity contribution is 7.18. The average molecular weight is 476 g/mol. The summed E-state index contributed by atoms with van der Waals surface area (Å²) in [5, 5.41) is 7.15. The van der Waals surface area contributed by atoms with Crippen molar-refractivity contribution in [2.45, 2.75) is 31.3 Å². The van der Waals surface area contributed by atoms with Crippen LogP contribution >= 0.6 is 11.3 Å². The first kappa shape index (κ1) is 22.6. The number of carbonyl (C=O) groups excluding carboxylic acids is 2. The molecule has 7 heteroatoms. The first-order valence-electron chi connectivity index (χ1n) is 11.8. The lowest BCUT2D eigenvalue weighted by atomic mass is 10.0. The summed E-state index contributed by atoms with van der Waals surface area (Å²) in [6, 6.07) is 21.5. The normalized spacial score (nSPS) is 16.6. The van der Waals surface area contributed by atoms with Gasteiger partial charge < -0.3 is 20.3 Å². The van der Waals surface area contributed by atoms with E-state index >= 15 is 0 Å². The summed E-state index contributed by atoms with van der Waals surface area (Å²) >= 11 is 1.48. The molecule has 2 amide bonds. The van der Waals surface area contributed by atoms with Gasteiger partial charge >= 0.3 is 0 Å². The van der Waals surface area contributed by atoms with Crippen molar-refractivity contribution < 1.29 is 14.3 Å². The summed E-state index contributed by atoms with van der Waals surface area (Å²) in [5.41, 5.74) is 3.13. The minimum absolute atomic E-state index is 0.118. The number of nitrogens with one attached hydrogen (secondary N) is 2. The molecule has 34 heavy (non-hydrogen) atoms. The van der Waals surface area contributed by atoms with Crippen LogP contribution in [0.1, 0.15) is 28.1 Å². The zero-order valence-corrected chi connectivity index (χ0v) is 19.9. The minimum Gasteiger partial charge on any atom is -0.378 e. The molecule has 1 aromatic heterocycles. The van der Waals surface area contributed by atoms with Gasteiger partial charge in [-0.2, -0.15) is 0 Å². The maximum Gasteiger partial charge on any atom is 0.262 e. The van der Waals surface area contributed by atoms with Gasteiger partial charge in [0.05, 0.1) is 23.1 Å². The number of rotatable bonds is 8. The van der Waals surface area contributed by atoms with Gasteiger partial charge in [0.2, 0.25) is 5.91 Å². The van der Waals surface area contributed by atoms with Crippen molar-refractivity contribution >= 4 is 28.2 Å². The Morgan fingerprint density at radius 2 is 1.68 bits per heavy atom. The van der Waals surface area contributed by atoms with E-state index in [2.05, 4.69) is 27.7 Å². The van der Waals surface area contributed by atoms with Crippen molar-refractivity contribution in [3.8, 4) is 11.1 Å². The fraction of sp³-hybridized carbons (Fsp3) is 0.333. The SMILES string of the molecule is O=C(NC(Cc1ccccc1)C(=O)NC1CC1)c1cc(-c2ccccc2)c(N2CCOCC2)s1. The highest BCUT2D eigenvalue weighted by Crippen LogP contribution is 2.39. The first-order valence-corrected chi connectivity index (χ1v) is 12.7. The van der Waals surface area contributed by atoms with Crippen LogP contribution in [0.25, 0.3) is 11.1 Å². The Hall–Kier alpha value is -3.16. The molecule has 0 radical (unpaired) electrons. The van der Waals surface area contributed by atoms with Crippen molar-refractivity contribution in [3.63, 3.8) is 0 Å². The predicted molar refractivity (Wildman–Crippen MR) is 135 cm³/mol. The Bertz CT molecular complexity index is 1120. The van der Waals surface area contributed by atoms with Gasteiger partial charge in [-0.25, -0.2) is 0 Å². The summed E-state index contributed by atoms with van der Waals surface area (Å²) in [7, 11) is 0. The van der Waals surface area contributed by atoms with E-state index in [4.69, 9.17) is 4.74 Å². The second kappa shape index (κ2) is 10.4. The lowest BCUT2D eigenvalue weighted by Crippen LogP contribution is -2.48. The molecule has 2 heterocycles. The van der Waals surface area contributed by atoms with Gasteiger partial charge in [0.1, 0.15) is 6.04 Å². The lowest BCUT2D eigenvalue weighted by Gasteiger charge is -2.28. The van der Waals surface area contributed by atoms with Crippen LogP contribution in [0.2, 0.25) is 0 Å². The van der Waals surface area contributed by atoms with Crippen LogP contribution in [-0.4, -0.2) is 50.2 Å². The van der Waals surface area contributed by atoms with Gasteiger partial charge in [0.25, 0.3) is 5.91 Å². The zero-order chi connectivity index (χ0) is 23.3. The van der Waals surface area contributed by atoms with Gasteiger partial charge in [-0.1, -0.05) is 60.7 Å². The van der Waals surface area contributed by atoms with E-state index in [9.17, 15) is 9.59 Å². The van der Waals surface area contributed by atoms with Crippen LogP contribution < -0.4 is 15.5 Å². The van der Waals surface area contributed by atoms with Gasteiger partial charge in [-0.05, 0) is 30.0 Å². The smallest absolute Gasteiger partial charge is 0.262 e. The van der Waals surface area contributed by atoms with Crippen LogP contribution in [0, 0.1) is 0 Å². The van der Waals surface area contributed by atoms with Crippen LogP contribution in [0.5, 0.6) is 0 Å². The molecule has 176 valence electrons. The van der Waals surface area contributed by atoms with Gasteiger partial charge in [-0.3, -0.25) is 9.59 Å². The van der Waals surface area contributed by atoms with Crippen molar-refractivity contribution in [3.05, 3.63) is 77.2 Å². The fourth-order valence-electron chi connectivity index (χ4n) is 4.14. The van der Waals surface area contributed by atoms with E-state index in [0.29, 0.717) is 24.5 Å². The molecular formula is C27H29N3O3S. The number of hydrogen-bond donors (Lipinski definition) is 2. The summed E-state index contributed by atoms with van der Waals surface area (Å²) in [6.07, 6.45) is 2.47. The monoisotopic (exact) mass is 475 g/mol. The molecule has 2 fully saturated rings. The number of ether oxygens (including phenoxy) is 1. The van der Waals surface area contributed by atoms with Crippen LogP contribution in [0.15, 0.2) is 66.7 Å². The molecule has 0 bridgehead atoms. The zero-order valence-electron chi connectivity index (χ0n) is 19.0. The van der Waals surface area contributed by atoms with Gasteiger partial charge in [0, 0.05) is 31.1 Å². The number of hydrogen-bond acceptors (Lipinski definition) is 5. The molecule has 2 aliphatic rings. The molecule has 1 aliphatic heterocycles. The largest absolute Gasteiger partial charge is 0.378 e. The quantitative estimate of drug-likeness (QED) is 0.519. The molecule has 1 saturated heterocycles. The number of anilines is 1. The Kier molecular flexibility index (Phi) is 6.92. The third-order valence-corrected chi connectivity index (χ3v) is 7.34. The summed E-state index contributed by atoms with van der Waals surface area (Å²) in [6.45, 7) is 2.94. The van der Waals surface area contributed by atoms with Crippen molar-refractivity contribution in [1.29, 1.82) is 0 Å². The number of carbonyl (C=O) groups is 2. The predicted octanol–water partition coefficient (Wildman–Crippen LogP) is 3.87. The van der Waals surface area contributed by atoms with Crippen molar-refractivity contribution in [2.24, 2.45) is 0 Å². The Labute approximate surface area is 203 Å².